The lowest BCUT2D eigenvalue weighted by atomic mass is 9.89. The Morgan fingerprint density at radius 1 is 1.48 bits per heavy atom. The third-order valence-electron chi connectivity index (χ3n) is 4.67. The lowest BCUT2D eigenvalue weighted by Crippen LogP contribution is -2.18. The Morgan fingerprint density at radius 2 is 2.32 bits per heavy atom. The molecule has 3 aromatic heterocycles. The van der Waals surface area contributed by atoms with Crippen molar-refractivity contribution in [3.8, 4) is 0 Å². The van der Waals surface area contributed by atoms with Gasteiger partial charge in [0, 0.05) is 11.1 Å². The lowest BCUT2D eigenvalue weighted by Gasteiger charge is -2.17. The molecule has 2 N–H and O–H groups in total. The van der Waals surface area contributed by atoms with Gasteiger partial charge in [-0.15, -0.1) is 11.3 Å². The maximum Gasteiger partial charge on any atom is 0.355 e. The number of carbonyl (C=O) groups is 1. The first-order chi connectivity index (χ1) is 12.0. The van der Waals surface area contributed by atoms with Crippen molar-refractivity contribution < 1.29 is 9.53 Å². The zero-order valence-electron chi connectivity index (χ0n) is 14.1. The molecular weight excluding hydrogens is 338 g/mol. The van der Waals surface area contributed by atoms with Crippen LogP contribution in [0.4, 0.5) is 0 Å². The van der Waals surface area contributed by atoms with Gasteiger partial charge in [0.2, 0.25) is 0 Å². The summed E-state index contributed by atoms with van der Waals surface area (Å²) in [6, 6.07) is 3.37. The quantitative estimate of drug-likeness (QED) is 0.704. The molecule has 0 aliphatic heterocycles. The molecule has 0 saturated carbocycles. The fourth-order valence-electron chi connectivity index (χ4n) is 3.30. The molecule has 2 atom stereocenters. The van der Waals surface area contributed by atoms with Crippen molar-refractivity contribution in [3.05, 3.63) is 50.6 Å². The summed E-state index contributed by atoms with van der Waals surface area (Å²) in [6.45, 7) is 3.94. The molecule has 25 heavy (non-hydrogen) atoms. The normalized spacial score (nSPS) is 18.1. The number of esters is 1. The van der Waals surface area contributed by atoms with E-state index in [-0.39, 0.29) is 5.56 Å². The molecule has 3 heterocycles. The van der Waals surface area contributed by atoms with Crippen LogP contribution >= 0.6 is 11.3 Å². The van der Waals surface area contributed by atoms with Gasteiger partial charge < -0.3 is 14.7 Å². The number of H-pyrrole nitrogens is 2. The smallest absolute Gasteiger partial charge is 0.355 e. The number of carbonyl (C=O) groups excluding carboxylic acids is 1. The zero-order chi connectivity index (χ0) is 17.6. The first kappa shape index (κ1) is 16.1. The van der Waals surface area contributed by atoms with Gasteiger partial charge in [0.15, 0.2) is 11.9 Å². The second-order valence-electron chi connectivity index (χ2n) is 6.61. The van der Waals surface area contributed by atoms with Gasteiger partial charge in [-0.2, -0.15) is 0 Å². The Morgan fingerprint density at radius 3 is 3.08 bits per heavy atom. The topological polar surface area (TPSA) is 87.8 Å². The van der Waals surface area contributed by atoms with Crippen LogP contribution in [0.15, 0.2) is 23.1 Å². The van der Waals surface area contributed by atoms with Crippen LogP contribution in [0.5, 0.6) is 0 Å². The summed E-state index contributed by atoms with van der Waals surface area (Å²) in [6.07, 6.45) is 4.06. The zero-order valence-corrected chi connectivity index (χ0v) is 14.9. The molecule has 1 aliphatic carbocycles. The number of ether oxygens (including phenoxy) is 1. The van der Waals surface area contributed by atoms with Gasteiger partial charge in [-0.1, -0.05) is 6.92 Å². The van der Waals surface area contributed by atoms with Gasteiger partial charge in [-0.05, 0) is 49.8 Å². The summed E-state index contributed by atoms with van der Waals surface area (Å²) < 4.78 is 5.41. The highest BCUT2D eigenvalue weighted by Gasteiger charge is 2.24. The number of hydrogen-bond acceptors (Lipinski definition) is 5. The number of hydrogen-bond donors (Lipinski definition) is 2. The van der Waals surface area contributed by atoms with Crippen LogP contribution in [0.25, 0.3) is 10.2 Å². The van der Waals surface area contributed by atoms with Crippen LogP contribution in [0.1, 0.15) is 53.1 Å². The highest BCUT2D eigenvalue weighted by molar-refractivity contribution is 7.18. The third-order valence-corrected chi connectivity index (χ3v) is 5.82. The van der Waals surface area contributed by atoms with Gasteiger partial charge in [-0.25, -0.2) is 9.78 Å². The van der Waals surface area contributed by atoms with Gasteiger partial charge in [0.1, 0.15) is 10.5 Å². The van der Waals surface area contributed by atoms with Crippen molar-refractivity contribution in [2.75, 3.05) is 0 Å². The molecule has 0 bridgehead atoms. The van der Waals surface area contributed by atoms with Crippen molar-refractivity contribution >= 4 is 27.5 Å². The second-order valence-corrected chi connectivity index (χ2v) is 7.70. The van der Waals surface area contributed by atoms with Crippen LogP contribution in [0.2, 0.25) is 0 Å². The van der Waals surface area contributed by atoms with E-state index in [1.807, 2.05) is 0 Å². The van der Waals surface area contributed by atoms with Crippen molar-refractivity contribution in [2.45, 2.75) is 39.2 Å². The summed E-state index contributed by atoms with van der Waals surface area (Å²) in [4.78, 5) is 36.8. The molecule has 0 amide bonds. The average molecular weight is 357 g/mol. The average Bonchev–Trinajstić information content (AvgIpc) is 3.21. The molecular formula is C18H19N3O3S. The van der Waals surface area contributed by atoms with E-state index in [0.717, 1.165) is 29.7 Å². The monoisotopic (exact) mass is 357 g/mol. The van der Waals surface area contributed by atoms with Gasteiger partial charge in [0.05, 0.1) is 5.39 Å². The maximum atomic E-state index is 12.6. The number of thiophene rings is 1. The van der Waals surface area contributed by atoms with E-state index in [0.29, 0.717) is 22.8 Å². The molecule has 0 radical (unpaired) electrons. The number of fused-ring (bicyclic) bond motifs is 3. The Kier molecular flexibility index (Phi) is 3.95. The van der Waals surface area contributed by atoms with Crippen LogP contribution in [0.3, 0.4) is 0 Å². The highest BCUT2D eigenvalue weighted by atomic mass is 32.1. The first-order valence-corrected chi connectivity index (χ1v) is 9.23. The van der Waals surface area contributed by atoms with Crippen molar-refractivity contribution in [1.82, 2.24) is 15.0 Å². The van der Waals surface area contributed by atoms with Gasteiger partial charge >= 0.3 is 5.97 Å². The molecule has 0 unspecified atom stereocenters. The fraction of sp³-hybridized carbons (Fsp3) is 0.389. The first-order valence-electron chi connectivity index (χ1n) is 8.41. The third kappa shape index (κ3) is 2.89. The number of aromatic amines is 2. The Balaban J connectivity index is 1.67. The summed E-state index contributed by atoms with van der Waals surface area (Å²) in [5.74, 6) is 0.545. The summed E-state index contributed by atoms with van der Waals surface area (Å²) in [5, 5.41) is 0.707. The minimum absolute atomic E-state index is 0.144. The van der Waals surface area contributed by atoms with Crippen LogP contribution in [-0.4, -0.2) is 20.9 Å². The largest absolute Gasteiger partial charge is 0.450 e. The number of rotatable bonds is 3. The minimum Gasteiger partial charge on any atom is -0.450 e. The van der Waals surface area contributed by atoms with Crippen molar-refractivity contribution in [1.29, 1.82) is 0 Å². The standard InChI is InChI=1S/C18H19N3O3S/c1-9-5-6-11-13(8-9)25-17-14(11)16(22)20-15(21-17)10(2)24-18(23)12-4-3-7-19-12/h3-4,7,9-10,19H,5-6,8H2,1-2H3,(H,20,21,22)/t9-,10-/m0/s1. The van der Waals surface area contributed by atoms with Crippen molar-refractivity contribution in [3.63, 3.8) is 0 Å². The molecule has 3 aromatic rings. The lowest BCUT2D eigenvalue weighted by molar-refractivity contribution is 0.0314. The summed E-state index contributed by atoms with van der Waals surface area (Å²) >= 11 is 1.59. The van der Waals surface area contributed by atoms with E-state index >= 15 is 0 Å². The van der Waals surface area contributed by atoms with E-state index in [1.165, 1.54) is 4.88 Å². The van der Waals surface area contributed by atoms with Crippen molar-refractivity contribution in [2.24, 2.45) is 5.92 Å². The summed E-state index contributed by atoms with van der Waals surface area (Å²) in [5.41, 5.74) is 1.38. The van der Waals surface area contributed by atoms with Crippen LogP contribution < -0.4 is 5.56 Å². The van der Waals surface area contributed by atoms with E-state index in [9.17, 15) is 9.59 Å². The van der Waals surface area contributed by atoms with E-state index < -0.39 is 12.1 Å². The molecule has 6 nitrogen and oxygen atoms in total. The second kappa shape index (κ2) is 6.15. The molecule has 4 rings (SSSR count). The predicted molar refractivity (Wildman–Crippen MR) is 96.1 cm³/mol. The summed E-state index contributed by atoms with van der Waals surface area (Å²) in [7, 11) is 0. The van der Waals surface area contributed by atoms with Gasteiger partial charge in [-0.3, -0.25) is 4.79 Å². The highest BCUT2D eigenvalue weighted by Crippen LogP contribution is 2.35. The molecule has 1 aliphatic rings. The van der Waals surface area contributed by atoms with Crippen LogP contribution in [0, 0.1) is 5.92 Å². The number of nitrogens with one attached hydrogen (secondary N) is 2. The Bertz CT molecular complexity index is 987. The molecule has 130 valence electrons. The van der Waals surface area contributed by atoms with Crippen LogP contribution in [-0.2, 0) is 17.6 Å². The number of aryl methyl sites for hydroxylation is 1. The number of aromatic nitrogens is 3. The Labute approximate surface area is 148 Å². The molecule has 0 fully saturated rings. The Hall–Kier alpha value is -2.41. The predicted octanol–water partition coefficient (Wildman–Crippen LogP) is 3.36. The molecule has 7 heteroatoms. The van der Waals surface area contributed by atoms with E-state index in [4.69, 9.17) is 4.74 Å². The SMILES string of the molecule is C[C@H]1CCc2c(sc3nc([C@H](C)OC(=O)c4ccc[nH]4)[nH]c(=O)c23)C1. The molecule has 0 spiro atoms. The maximum absolute atomic E-state index is 12.6. The van der Waals surface area contributed by atoms with E-state index in [1.54, 1.807) is 36.6 Å². The van der Waals surface area contributed by atoms with Gasteiger partial charge in [0.25, 0.3) is 5.56 Å². The minimum atomic E-state index is -0.633. The van der Waals surface area contributed by atoms with E-state index in [2.05, 4.69) is 21.9 Å². The number of nitrogens with zero attached hydrogens (tertiary/aromatic N) is 1. The molecule has 0 saturated heterocycles. The molecule has 0 aromatic carbocycles. The fourth-order valence-corrected chi connectivity index (χ4v) is 4.69.